The smallest absolute Gasteiger partial charge is 0.276 e. The van der Waals surface area contributed by atoms with E-state index in [1.54, 1.807) is 0 Å². The highest BCUT2D eigenvalue weighted by Crippen LogP contribution is 2.36. The van der Waals surface area contributed by atoms with Gasteiger partial charge in [0.2, 0.25) is 15.9 Å². The highest BCUT2D eigenvalue weighted by atomic mass is 32.2. The largest absolute Gasteiger partial charge is 0.324 e. The molecule has 9 heteroatoms. The van der Waals surface area contributed by atoms with Gasteiger partial charge in [-0.2, -0.15) is 0 Å². The summed E-state index contributed by atoms with van der Waals surface area (Å²) in [5.74, 6) is -1.13. The number of nitrogens with zero attached hydrogens (tertiary/aromatic N) is 2. The first-order valence-corrected chi connectivity index (χ1v) is 13.1. The molecule has 1 unspecified atom stereocenters. The van der Waals surface area contributed by atoms with Gasteiger partial charge in [-0.1, -0.05) is 74.5 Å². The van der Waals surface area contributed by atoms with Gasteiger partial charge in [0.25, 0.3) is 5.91 Å². The van der Waals surface area contributed by atoms with E-state index in [1.807, 2.05) is 60.7 Å². The monoisotopic (exact) mass is 482 g/mol. The number of hydrogen-bond donors (Lipinski definition) is 2. The van der Waals surface area contributed by atoms with Gasteiger partial charge < -0.3 is 10.2 Å². The van der Waals surface area contributed by atoms with Crippen LogP contribution in [0.1, 0.15) is 25.0 Å². The molecule has 2 aliphatic rings. The molecular formula is C25H30N4O4S. The number of rotatable bonds is 8. The zero-order valence-electron chi connectivity index (χ0n) is 19.6. The Hall–Kier alpha value is -3.14. The summed E-state index contributed by atoms with van der Waals surface area (Å²) in [5.41, 5.74) is 3.20. The third-order valence-electron chi connectivity index (χ3n) is 5.61. The van der Waals surface area contributed by atoms with Crippen LogP contribution in [0.15, 0.2) is 71.2 Å². The second-order valence-electron chi connectivity index (χ2n) is 7.94. The molecule has 0 aliphatic carbocycles. The van der Waals surface area contributed by atoms with E-state index in [0.717, 1.165) is 30.8 Å². The molecular weight excluding hydrogens is 452 g/mol. The number of carbonyl (C=O) groups excluding carboxylic acids is 2. The normalized spacial score (nSPS) is 17.3. The first kappa shape index (κ1) is 25.5. The fourth-order valence-corrected chi connectivity index (χ4v) is 4.33. The summed E-state index contributed by atoms with van der Waals surface area (Å²) in [6.07, 6.45) is 1.18. The Morgan fingerprint density at radius 2 is 1.50 bits per heavy atom. The number of carbonyl (C=O) groups is 2. The molecule has 34 heavy (non-hydrogen) atoms. The highest BCUT2D eigenvalue weighted by molar-refractivity contribution is 7.88. The van der Waals surface area contributed by atoms with E-state index in [9.17, 15) is 18.0 Å². The van der Waals surface area contributed by atoms with Gasteiger partial charge in [-0.05, 0) is 24.2 Å². The average Bonchev–Trinajstić information content (AvgIpc) is 3.36. The first-order chi connectivity index (χ1) is 16.2. The minimum absolute atomic E-state index is 0.192. The summed E-state index contributed by atoms with van der Waals surface area (Å²) in [5, 5.41) is 2.84. The van der Waals surface area contributed by atoms with Gasteiger partial charge in [0.1, 0.15) is 5.92 Å². The molecule has 0 radical (unpaired) electrons. The number of aliphatic imine (C=N–C) groups is 1. The third kappa shape index (κ3) is 6.25. The molecule has 8 nitrogen and oxygen atoms in total. The van der Waals surface area contributed by atoms with Crippen LogP contribution >= 0.6 is 0 Å². The molecule has 1 atom stereocenters. The molecule has 2 N–H and O–H groups in total. The lowest BCUT2D eigenvalue weighted by molar-refractivity contribution is -0.121. The quantitative estimate of drug-likeness (QED) is 0.599. The molecule has 2 aromatic carbocycles. The molecule has 2 aliphatic heterocycles. The fourth-order valence-electron chi connectivity index (χ4n) is 3.87. The van der Waals surface area contributed by atoms with Crippen LogP contribution in [0.2, 0.25) is 0 Å². The molecule has 0 bridgehead atoms. The summed E-state index contributed by atoms with van der Waals surface area (Å²) in [6.45, 7) is 7.32. The van der Waals surface area contributed by atoms with Crippen LogP contribution in [0.25, 0.3) is 5.70 Å². The highest BCUT2D eigenvalue weighted by Gasteiger charge is 2.45. The molecule has 180 valence electrons. The summed E-state index contributed by atoms with van der Waals surface area (Å²) < 4.78 is 23.8. The predicted octanol–water partition coefficient (Wildman–Crippen LogP) is 2.05. The predicted molar refractivity (Wildman–Crippen MR) is 134 cm³/mol. The van der Waals surface area contributed by atoms with Crippen molar-refractivity contribution in [2.45, 2.75) is 13.8 Å². The number of fused-ring (bicyclic) bond motifs is 1. The molecule has 2 heterocycles. The lowest BCUT2D eigenvalue weighted by Crippen LogP contribution is -2.34. The molecule has 2 aromatic rings. The molecule has 2 amide bonds. The van der Waals surface area contributed by atoms with Gasteiger partial charge in [0.05, 0.1) is 23.2 Å². The molecule has 0 aromatic heterocycles. The van der Waals surface area contributed by atoms with E-state index in [2.05, 4.69) is 33.8 Å². The molecule has 0 spiro atoms. The number of amides is 2. The van der Waals surface area contributed by atoms with Crippen molar-refractivity contribution in [2.75, 3.05) is 32.4 Å². The van der Waals surface area contributed by atoms with Gasteiger partial charge in [-0.3, -0.25) is 9.59 Å². The van der Waals surface area contributed by atoms with Crippen LogP contribution < -0.4 is 10.0 Å². The van der Waals surface area contributed by atoms with Crippen molar-refractivity contribution < 1.29 is 18.0 Å². The zero-order valence-corrected chi connectivity index (χ0v) is 20.4. The SMILES string of the molecule is CCN(CC)CCNS(C)(=O)=O.O=C1N=C(c2ccccc2)C2C(=O)NC(c3ccccc3)=C12. The van der Waals surface area contributed by atoms with Crippen LogP contribution in [-0.2, 0) is 19.6 Å². The van der Waals surface area contributed by atoms with Gasteiger partial charge in [0, 0.05) is 13.1 Å². The summed E-state index contributed by atoms with van der Waals surface area (Å²) in [6, 6.07) is 18.8. The van der Waals surface area contributed by atoms with Crippen LogP contribution in [0, 0.1) is 5.92 Å². The number of nitrogens with one attached hydrogen (secondary N) is 2. The van der Waals surface area contributed by atoms with Crippen molar-refractivity contribution in [3.63, 3.8) is 0 Å². The minimum atomic E-state index is -3.01. The maximum Gasteiger partial charge on any atom is 0.276 e. The Bertz CT molecular complexity index is 1190. The first-order valence-electron chi connectivity index (χ1n) is 11.2. The van der Waals surface area contributed by atoms with Crippen molar-refractivity contribution >= 4 is 33.2 Å². The van der Waals surface area contributed by atoms with Crippen molar-refractivity contribution in [2.24, 2.45) is 10.9 Å². The third-order valence-corrected chi connectivity index (χ3v) is 6.34. The zero-order chi connectivity index (χ0) is 24.7. The summed E-state index contributed by atoms with van der Waals surface area (Å²) in [4.78, 5) is 31.0. The van der Waals surface area contributed by atoms with Crippen molar-refractivity contribution in [3.8, 4) is 0 Å². The summed E-state index contributed by atoms with van der Waals surface area (Å²) >= 11 is 0. The lowest BCUT2D eigenvalue weighted by Gasteiger charge is -2.17. The average molecular weight is 483 g/mol. The van der Waals surface area contributed by atoms with E-state index in [1.165, 1.54) is 6.26 Å². The van der Waals surface area contributed by atoms with Gasteiger partial charge in [0.15, 0.2) is 0 Å². The van der Waals surface area contributed by atoms with Gasteiger partial charge >= 0.3 is 0 Å². The Morgan fingerprint density at radius 1 is 0.941 bits per heavy atom. The topological polar surface area (TPSA) is 108 Å². The van der Waals surface area contributed by atoms with Crippen molar-refractivity contribution in [3.05, 3.63) is 77.4 Å². The van der Waals surface area contributed by atoms with Gasteiger partial charge in [-0.15, -0.1) is 0 Å². The maximum atomic E-state index is 12.4. The Balaban J connectivity index is 0.000000232. The molecule has 4 rings (SSSR count). The van der Waals surface area contributed by atoms with E-state index in [-0.39, 0.29) is 11.8 Å². The number of hydrogen-bond acceptors (Lipinski definition) is 5. The van der Waals surface area contributed by atoms with Crippen LogP contribution in [0.4, 0.5) is 0 Å². The molecule has 0 saturated heterocycles. The Kier molecular flexibility index (Phi) is 8.49. The van der Waals surface area contributed by atoms with E-state index in [4.69, 9.17) is 0 Å². The van der Waals surface area contributed by atoms with Crippen molar-refractivity contribution in [1.29, 1.82) is 0 Å². The second kappa shape index (κ2) is 11.3. The maximum absolute atomic E-state index is 12.4. The van der Waals surface area contributed by atoms with Crippen LogP contribution in [0.3, 0.4) is 0 Å². The van der Waals surface area contributed by atoms with Gasteiger partial charge in [-0.25, -0.2) is 18.1 Å². The Morgan fingerprint density at radius 3 is 2.03 bits per heavy atom. The van der Waals surface area contributed by atoms with E-state index >= 15 is 0 Å². The molecule has 0 fully saturated rings. The number of likely N-dealkylation sites (N-methyl/N-ethyl adjacent to an activating group) is 1. The van der Waals surface area contributed by atoms with Crippen molar-refractivity contribution in [1.82, 2.24) is 14.9 Å². The number of sulfonamides is 1. The minimum Gasteiger partial charge on any atom is -0.324 e. The standard InChI is InChI=1S/C18H12N2O2.C7H18N2O2S/c21-17-13-14(16(20-17)12-9-5-2-6-10-12)18(22)19-15(13)11-7-3-1-4-8-11;1-4-9(5-2)7-6-8-12(3,10)11/h1-10,13H,(H,20,21);8H,4-7H2,1-3H3. The lowest BCUT2D eigenvalue weighted by atomic mass is 9.92. The fraction of sp³-hybridized carbons (Fsp3) is 0.320. The molecule has 0 saturated carbocycles. The van der Waals surface area contributed by atoms with E-state index in [0.29, 0.717) is 23.5 Å². The Labute approximate surface area is 200 Å². The summed E-state index contributed by atoms with van der Waals surface area (Å²) in [7, 11) is -3.01. The van der Waals surface area contributed by atoms with E-state index < -0.39 is 15.9 Å². The van der Waals surface area contributed by atoms with Crippen LogP contribution in [-0.4, -0.2) is 63.3 Å². The van der Waals surface area contributed by atoms with Crippen LogP contribution in [0.5, 0.6) is 0 Å². The second-order valence-corrected chi connectivity index (χ2v) is 9.77. The number of benzene rings is 2.